The van der Waals surface area contributed by atoms with Crippen LogP contribution in [0.25, 0.3) is 0 Å². The van der Waals surface area contributed by atoms with Crippen LogP contribution in [-0.4, -0.2) is 9.60 Å². The van der Waals surface area contributed by atoms with Gasteiger partial charge in [-0.25, -0.2) is 0 Å². The van der Waals surface area contributed by atoms with E-state index in [1.54, 1.807) is 12.1 Å². The Morgan fingerprint density at radius 1 is 1.18 bits per heavy atom. The van der Waals surface area contributed by atoms with E-state index in [1.165, 1.54) is 12.1 Å². The summed E-state index contributed by atoms with van der Waals surface area (Å²) in [6.45, 7) is 3.94. The highest BCUT2D eigenvalue weighted by atomic mass is 16.6. The number of nitro benzene ring substituents is 1. The van der Waals surface area contributed by atoms with Gasteiger partial charge in [-0.2, -0.15) is 0 Å². The van der Waals surface area contributed by atoms with Crippen molar-refractivity contribution in [2.75, 3.05) is 5.43 Å². The first-order valence-corrected chi connectivity index (χ1v) is 5.24. The van der Waals surface area contributed by atoms with Crippen molar-refractivity contribution in [3.63, 3.8) is 0 Å². The van der Waals surface area contributed by atoms with Crippen molar-refractivity contribution in [1.29, 1.82) is 0 Å². The third-order valence-corrected chi connectivity index (χ3v) is 2.57. The predicted octanol–water partition coefficient (Wildman–Crippen LogP) is 2.89. The molecule has 0 bridgehead atoms. The van der Waals surface area contributed by atoms with Gasteiger partial charge in [0.25, 0.3) is 5.69 Å². The van der Waals surface area contributed by atoms with E-state index in [2.05, 4.69) is 5.43 Å². The number of nitro groups is 1. The Labute approximate surface area is 98.8 Å². The van der Waals surface area contributed by atoms with Crippen LogP contribution in [0.1, 0.15) is 11.4 Å². The predicted molar refractivity (Wildman–Crippen MR) is 66.0 cm³/mol. The van der Waals surface area contributed by atoms with Crippen molar-refractivity contribution in [1.82, 2.24) is 4.68 Å². The molecule has 1 N–H and O–H groups in total. The lowest BCUT2D eigenvalue weighted by Crippen LogP contribution is -2.12. The number of anilines is 1. The lowest BCUT2D eigenvalue weighted by atomic mass is 10.3. The molecule has 17 heavy (non-hydrogen) atoms. The quantitative estimate of drug-likeness (QED) is 0.652. The van der Waals surface area contributed by atoms with Crippen molar-refractivity contribution in [3.8, 4) is 0 Å². The summed E-state index contributed by atoms with van der Waals surface area (Å²) in [4.78, 5) is 10.3. The minimum absolute atomic E-state index is 0.0810. The number of aryl methyl sites for hydroxylation is 2. The summed E-state index contributed by atoms with van der Waals surface area (Å²) in [5.41, 5.74) is 6.00. The van der Waals surface area contributed by atoms with E-state index in [0.717, 1.165) is 11.4 Å². The second kappa shape index (κ2) is 4.29. The first-order valence-electron chi connectivity index (χ1n) is 5.24. The fourth-order valence-electron chi connectivity index (χ4n) is 1.66. The molecule has 0 aliphatic heterocycles. The maximum atomic E-state index is 10.7. The summed E-state index contributed by atoms with van der Waals surface area (Å²) >= 11 is 0. The van der Waals surface area contributed by atoms with Gasteiger partial charge in [0.15, 0.2) is 0 Å². The van der Waals surface area contributed by atoms with E-state index in [1.807, 2.05) is 30.7 Å². The highest BCUT2D eigenvalue weighted by molar-refractivity contribution is 5.51. The number of hydrogen-bond acceptors (Lipinski definition) is 3. The minimum atomic E-state index is -0.402. The minimum Gasteiger partial charge on any atom is -0.294 e. The molecule has 0 radical (unpaired) electrons. The number of nitrogens with zero attached hydrogens (tertiary/aromatic N) is 2. The van der Waals surface area contributed by atoms with Crippen LogP contribution < -0.4 is 5.43 Å². The van der Waals surface area contributed by atoms with E-state index in [0.29, 0.717) is 5.69 Å². The molecule has 0 aliphatic carbocycles. The fraction of sp³-hybridized carbons (Fsp3) is 0.167. The van der Waals surface area contributed by atoms with Crippen molar-refractivity contribution < 1.29 is 4.92 Å². The summed E-state index contributed by atoms with van der Waals surface area (Å²) in [6, 6.07) is 10.4. The number of aromatic nitrogens is 1. The maximum Gasteiger partial charge on any atom is 0.271 e. The molecule has 0 aliphatic rings. The van der Waals surface area contributed by atoms with Crippen LogP contribution in [0.2, 0.25) is 0 Å². The zero-order chi connectivity index (χ0) is 12.4. The highest BCUT2D eigenvalue weighted by Crippen LogP contribution is 2.18. The summed E-state index contributed by atoms with van der Waals surface area (Å²) in [6.07, 6.45) is 0. The molecule has 0 spiro atoms. The summed E-state index contributed by atoms with van der Waals surface area (Å²) in [5, 5.41) is 10.7. The Hall–Kier alpha value is -2.30. The summed E-state index contributed by atoms with van der Waals surface area (Å²) in [5.74, 6) is 0. The van der Waals surface area contributed by atoms with Gasteiger partial charge in [0.05, 0.1) is 10.6 Å². The fourth-order valence-corrected chi connectivity index (χ4v) is 1.66. The van der Waals surface area contributed by atoms with Gasteiger partial charge in [-0.05, 0) is 32.0 Å². The van der Waals surface area contributed by atoms with Gasteiger partial charge in [0, 0.05) is 23.5 Å². The second-order valence-corrected chi connectivity index (χ2v) is 3.87. The van der Waals surface area contributed by atoms with Gasteiger partial charge in [-0.3, -0.25) is 20.2 Å². The SMILES string of the molecule is Cc1ccc(C)n1Nc1cccc([N+](=O)[O-])c1. The Morgan fingerprint density at radius 3 is 2.41 bits per heavy atom. The molecule has 5 nitrogen and oxygen atoms in total. The topological polar surface area (TPSA) is 60.1 Å². The second-order valence-electron chi connectivity index (χ2n) is 3.87. The van der Waals surface area contributed by atoms with Crippen LogP contribution >= 0.6 is 0 Å². The molecule has 1 aromatic carbocycles. The molecule has 0 amide bonds. The largest absolute Gasteiger partial charge is 0.294 e. The Kier molecular flexibility index (Phi) is 2.82. The molecule has 2 aromatic rings. The molecular formula is C12H13N3O2. The van der Waals surface area contributed by atoms with Gasteiger partial charge in [0.1, 0.15) is 0 Å². The molecule has 0 unspecified atom stereocenters. The Balaban J connectivity index is 2.30. The molecule has 5 heteroatoms. The number of nitrogens with one attached hydrogen (secondary N) is 1. The number of hydrogen-bond donors (Lipinski definition) is 1. The van der Waals surface area contributed by atoms with Gasteiger partial charge in [-0.15, -0.1) is 0 Å². The van der Waals surface area contributed by atoms with Crippen molar-refractivity contribution in [3.05, 3.63) is 57.9 Å². The lowest BCUT2D eigenvalue weighted by molar-refractivity contribution is -0.384. The molecule has 0 saturated heterocycles. The average Bonchev–Trinajstić information content (AvgIpc) is 2.61. The lowest BCUT2D eigenvalue weighted by Gasteiger charge is -2.12. The molecule has 1 heterocycles. The normalized spacial score (nSPS) is 10.2. The van der Waals surface area contributed by atoms with Gasteiger partial charge in [0.2, 0.25) is 0 Å². The molecule has 88 valence electrons. The van der Waals surface area contributed by atoms with Crippen LogP contribution in [0.3, 0.4) is 0 Å². The van der Waals surface area contributed by atoms with Crippen LogP contribution in [0.15, 0.2) is 36.4 Å². The molecule has 0 saturated carbocycles. The Morgan fingerprint density at radius 2 is 1.82 bits per heavy atom. The van der Waals surface area contributed by atoms with Gasteiger partial charge >= 0.3 is 0 Å². The van der Waals surface area contributed by atoms with Crippen molar-refractivity contribution >= 4 is 11.4 Å². The number of rotatable bonds is 3. The monoisotopic (exact) mass is 231 g/mol. The van der Waals surface area contributed by atoms with E-state index >= 15 is 0 Å². The molecule has 0 fully saturated rings. The van der Waals surface area contributed by atoms with E-state index in [-0.39, 0.29) is 5.69 Å². The van der Waals surface area contributed by atoms with Crippen molar-refractivity contribution in [2.45, 2.75) is 13.8 Å². The number of non-ortho nitro benzene ring substituents is 1. The Bertz CT molecular complexity index is 541. The highest BCUT2D eigenvalue weighted by Gasteiger charge is 2.06. The van der Waals surface area contributed by atoms with E-state index in [4.69, 9.17) is 0 Å². The third kappa shape index (κ3) is 2.28. The molecule has 2 rings (SSSR count). The zero-order valence-electron chi connectivity index (χ0n) is 9.68. The van der Waals surface area contributed by atoms with Crippen LogP contribution in [-0.2, 0) is 0 Å². The molecular weight excluding hydrogens is 218 g/mol. The van der Waals surface area contributed by atoms with E-state index in [9.17, 15) is 10.1 Å². The van der Waals surface area contributed by atoms with E-state index < -0.39 is 4.92 Å². The zero-order valence-corrected chi connectivity index (χ0v) is 9.68. The average molecular weight is 231 g/mol. The maximum absolute atomic E-state index is 10.7. The molecule has 1 aromatic heterocycles. The standard InChI is InChI=1S/C12H13N3O2/c1-9-6-7-10(2)14(9)13-11-4-3-5-12(8-11)15(16)17/h3-8,13H,1-2H3. The summed E-state index contributed by atoms with van der Waals surface area (Å²) in [7, 11) is 0. The van der Waals surface area contributed by atoms with Crippen LogP contribution in [0, 0.1) is 24.0 Å². The molecule has 0 atom stereocenters. The number of benzene rings is 1. The van der Waals surface area contributed by atoms with Crippen LogP contribution in [0.4, 0.5) is 11.4 Å². The third-order valence-electron chi connectivity index (χ3n) is 2.57. The van der Waals surface area contributed by atoms with Gasteiger partial charge < -0.3 is 0 Å². The first-order chi connectivity index (χ1) is 8.08. The van der Waals surface area contributed by atoms with Crippen molar-refractivity contribution in [2.24, 2.45) is 0 Å². The first kappa shape index (κ1) is 11.2. The van der Waals surface area contributed by atoms with Crippen LogP contribution in [0.5, 0.6) is 0 Å². The smallest absolute Gasteiger partial charge is 0.271 e. The summed E-state index contributed by atoms with van der Waals surface area (Å²) < 4.78 is 1.89. The van der Waals surface area contributed by atoms with Gasteiger partial charge in [-0.1, -0.05) is 6.07 Å².